The number of nitrogen functional groups attached to an aromatic ring is 1. The van der Waals surface area contributed by atoms with Crippen LogP contribution in [-0.2, 0) is 0 Å². The molecule has 0 radical (unpaired) electrons. The standard InChI is InChI=1S/C15H17ClN4/c16-12-1-3-14(4-2-12)19-7-9-20(10-8-19)15-11-13(17)5-6-18-15/h1-6,11H,7-10H2,(H2,17,18). The number of piperazine rings is 1. The SMILES string of the molecule is Nc1ccnc(N2CCN(c3ccc(Cl)cc3)CC2)c1. The zero-order valence-corrected chi connectivity index (χ0v) is 11.9. The third-order valence-corrected chi connectivity index (χ3v) is 3.82. The predicted molar refractivity (Wildman–Crippen MR) is 84.5 cm³/mol. The lowest BCUT2D eigenvalue weighted by Gasteiger charge is -2.36. The van der Waals surface area contributed by atoms with Gasteiger partial charge in [-0.25, -0.2) is 4.98 Å². The first-order valence-corrected chi connectivity index (χ1v) is 7.07. The van der Waals surface area contributed by atoms with Gasteiger partial charge < -0.3 is 15.5 Å². The smallest absolute Gasteiger partial charge is 0.130 e. The van der Waals surface area contributed by atoms with Crippen molar-refractivity contribution in [2.24, 2.45) is 0 Å². The lowest BCUT2D eigenvalue weighted by atomic mass is 10.2. The maximum atomic E-state index is 5.92. The van der Waals surface area contributed by atoms with E-state index in [-0.39, 0.29) is 0 Å². The number of nitrogens with zero attached hydrogens (tertiary/aromatic N) is 3. The molecule has 2 N–H and O–H groups in total. The maximum absolute atomic E-state index is 5.92. The normalized spacial score (nSPS) is 15.4. The summed E-state index contributed by atoms with van der Waals surface area (Å²) in [6.45, 7) is 3.83. The van der Waals surface area contributed by atoms with Crippen molar-refractivity contribution in [3.63, 3.8) is 0 Å². The molecule has 0 bridgehead atoms. The minimum atomic E-state index is 0.759. The molecule has 1 saturated heterocycles. The Balaban J connectivity index is 1.66. The van der Waals surface area contributed by atoms with Crippen molar-refractivity contribution in [2.45, 2.75) is 0 Å². The number of aromatic nitrogens is 1. The molecule has 0 atom stereocenters. The number of halogens is 1. The van der Waals surface area contributed by atoms with Gasteiger partial charge in [-0.1, -0.05) is 11.6 Å². The fraction of sp³-hybridized carbons (Fsp3) is 0.267. The molecule has 5 heteroatoms. The van der Waals surface area contributed by atoms with E-state index in [4.69, 9.17) is 17.3 Å². The van der Waals surface area contributed by atoms with Crippen LogP contribution in [0, 0.1) is 0 Å². The van der Waals surface area contributed by atoms with E-state index in [9.17, 15) is 0 Å². The van der Waals surface area contributed by atoms with Crippen molar-refractivity contribution in [2.75, 3.05) is 41.7 Å². The Bertz CT molecular complexity index is 577. The first-order valence-electron chi connectivity index (χ1n) is 6.69. The number of pyridine rings is 1. The number of rotatable bonds is 2. The lowest BCUT2D eigenvalue weighted by molar-refractivity contribution is 0.647. The van der Waals surface area contributed by atoms with E-state index in [0.29, 0.717) is 0 Å². The molecule has 3 rings (SSSR count). The van der Waals surface area contributed by atoms with Gasteiger partial charge in [-0.05, 0) is 30.3 Å². The summed E-state index contributed by atoms with van der Waals surface area (Å²) in [6.07, 6.45) is 1.76. The van der Waals surface area contributed by atoms with E-state index in [1.165, 1.54) is 5.69 Å². The maximum Gasteiger partial charge on any atom is 0.130 e. The van der Waals surface area contributed by atoms with Crippen LogP contribution < -0.4 is 15.5 Å². The van der Waals surface area contributed by atoms with Gasteiger partial charge in [-0.15, -0.1) is 0 Å². The van der Waals surface area contributed by atoms with E-state index in [0.717, 1.165) is 42.7 Å². The summed E-state index contributed by atoms with van der Waals surface area (Å²) in [6, 6.07) is 11.7. The Labute approximate surface area is 123 Å². The zero-order chi connectivity index (χ0) is 13.9. The monoisotopic (exact) mass is 288 g/mol. The molecule has 1 aromatic carbocycles. The van der Waals surface area contributed by atoms with Gasteiger partial charge >= 0.3 is 0 Å². The Kier molecular flexibility index (Phi) is 3.65. The number of anilines is 3. The molecule has 0 amide bonds. The Hall–Kier alpha value is -1.94. The molecule has 0 aliphatic carbocycles. The van der Waals surface area contributed by atoms with Crippen molar-refractivity contribution >= 4 is 28.8 Å². The highest BCUT2D eigenvalue weighted by molar-refractivity contribution is 6.30. The van der Waals surface area contributed by atoms with Crippen LogP contribution in [0.15, 0.2) is 42.6 Å². The van der Waals surface area contributed by atoms with Gasteiger partial charge in [0.25, 0.3) is 0 Å². The molecule has 104 valence electrons. The quantitative estimate of drug-likeness (QED) is 0.923. The van der Waals surface area contributed by atoms with Gasteiger partial charge in [-0.3, -0.25) is 0 Å². The van der Waals surface area contributed by atoms with Gasteiger partial charge in [0.2, 0.25) is 0 Å². The third-order valence-electron chi connectivity index (χ3n) is 3.56. The van der Waals surface area contributed by atoms with Crippen molar-refractivity contribution < 1.29 is 0 Å². The van der Waals surface area contributed by atoms with E-state index in [1.807, 2.05) is 24.3 Å². The molecule has 1 fully saturated rings. The topological polar surface area (TPSA) is 45.4 Å². The number of nitrogens with two attached hydrogens (primary N) is 1. The van der Waals surface area contributed by atoms with Crippen LogP contribution in [0.3, 0.4) is 0 Å². The van der Waals surface area contributed by atoms with Gasteiger partial charge in [0.05, 0.1) is 0 Å². The second-order valence-electron chi connectivity index (χ2n) is 4.90. The first-order chi connectivity index (χ1) is 9.72. The van der Waals surface area contributed by atoms with Crippen LogP contribution in [0.5, 0.6) is 0 Å². The molecule has 0 spiro atoms. The van der Waals surface area contributed by atoms with Gasteiger partial charge in [-0.2, -0.15) is 0 Å². The highest BCUT2D eigenvalue weighted by Crippen LogP contribution is 2.21. The van der Waals surface area contributed by atoms with Crippen molar-refractivity contribution in [3.8, 4) is 0 Å². The summed E-state index contributed by atoms with van der Waals surface area (Å²) in [5.74, 6) is 0.959. The third kappa shape index (κ3) is 2.80. The van der Waals surface area contributed by atoms with Gasteiger partial charge in [0.1, 0.15) is 5.82 Å². The predicted octanol–water partition coefficient (Wildman–Crippen LogP) is 2.64. The summed E-state index contributed by atoms with van der Waals surface area (Å²) >= 11 is 5.92. The van der Waals surface area contributed by atoms with Crippen LogP contribution >= 0.6 is 11.6 Å². The molecular formula is C15H17ClN4. The van der Waals surface area contributed by atoms with E-state index in [1.54, 1.807) is 6.20 Å². The molecule has 2 heterocycles. The van der Waals surface area contributed by atoms with Gasteiger partial charge in [0, 0.05) is 54.8 Å². The number of benzene rings is 1. The van der Waals surface area contributed by atoms with E-state index < -0.39 is 0 Å². The molecule has 2 aromatic rings. The summed E-state index contributed by atoms with van der Waals surface area (Å²) in [4.78, 5) is 9.01. The molecule has 1 aromatic heterocycles. The molecule has 0 unspecified atom stereocenters. The molecule has 1 aliphatic rings. The van der Waals surface area contributed by atoms with Crippen molar-refractivity contribution in [1.82, 2.24) is 4.98 Å². The molecule has 20 heavy (non-hydrogen) atoms. The minimum absolute atomic E-state index is 0.759. The van der Waals surface area contributed by atoms with Gasteiger partial charge in [0.15, 0.2) is 0 Å². The van der Waals surface area contributed by atoms with Crippen LogP contribution in [0.2, 0.25) is 5.02 Å². The largest absolute Gasteiger partial charge is 0.399 e. The lowest BCUT2D eigenvalue weighted by Crippen LogP contribution is -2.46. The van der Waals surface area contributed by atoms with Crippen molar-refractivity contribution in [3.05, 3.63) is 47.6 Å². The summed E-state index contributed by atoms with van der Waals surface area (Å²) in [5, 5.41) is 0.774. The fourth-order valence-electron chi connectivity index (χ4n) is 2.45. The highest BCUT2D eigenvalue weighted by Gasteiger charge is 2.18. The average molecular weight is 289 g/mol. The Morgan fingerprint density at radius 3 is 2.25 bits per heavy atom. The van der Waals surface area contributed by atoms with Crippen LogP contribution in [0.1, 0.15) is 0 Å². The molecule has 4 nitrogen and oxygen atoms in total. The summed E-state index contributed by atoms with van der Waals surface area (Å²) in [5.41, 5.74) is 7.78. The summed E-state index contributed by atoms with van der Waals surface area (Å²) < 4.78 is 0. The molecule has 1 aliphatic heterocycles. The molecular weight excluding hydrogens is 272 g/mol. The fourth-order valence-corrected chi connectivity index (χ4v) is 2.58. The average Bonchev–Trinajstić information content (AvgIpc) is 2.48. The Morgan fingerprint density at radius 2 is 1.60 bits per heavy atom. The highest BCUT2D eigenvalue weighted by atomic mass is 35.5. The van der Waals surface area contributed by atoms with Crippen LogP contribution in [0.4, 0.5) is 17.2 Å². The second-order valence-corrected chi connectivity index (χ2v) is 5.33. The van der Waals surface area contributed by atoms with E-state index >= 15 is 0 Å². The van der Waals surface area contributed by atoms with Crippen LogP contribution in [0.25, 0.3) is 0 Å². The molecule has 0 saturated carbocycles. The number of hydrogen-bond acceptors (Lipinski definition) is 4. The van der Waals surface area contributed by atoms with Crippen LogP contribution in [-0.4, -0.2) is 31.2 Å². The minimum Gasteiger partial charge on any atom is -0.399 e. The second kappa shape index (κ2) is 5.59. The first kappa shape index (κ1) is 13.1. The van der Waals surface area contributed by atoms with Crippen molar-refractivity contribution in [1.29, 1.82) is 0 Å². The Morgan fingerprint density at radius 1 is 0.950 bits per heavy atom. The zero-order valence-electron chi connectivity index (χ0n) is 11.2. The summed E-state index contributed by atoms with van der Waals surface area (Å²) in [7, 11) is 0. The van der Waals surface area contributed by atoms with E-state index in [2.05, 4.69) is 26.9 Å². The number of hydrogen-bond donors (Lipinski definition) is 1.